The van der Waals surface area contributed by atoms with Gasteiger partial charge in [0.15, 0.2) is 0 Å². The molecule has 0 saturated carbocycles. The molecule has 0 aliphatic carbocycles. The van der Waals surface area contributed by atoms with Gasteiger partial charge in [-0.2, -0.15) is 0 Å². The second-order valence-electron chi connectivity index (χ2n) is 7.51. The van der Waals surface area contributed by atoms with Crippen molar-refractivity contribution in [2.24, 2.45) is 0 Å². The molecule has 0 radical (unpaired) electrons. The number of para-hydroxylation sites is 1. The summed E-state index contributed by atoms with van der Waals surface area (Å²) < 4.78 is 29.1. The standard InChI is InChI=1S/C24H23IN2O3S/c25-20-10-12-21(13-11-20)26-24(28)16-9-18-7-14-22(15-8-18)31(29,30)27-17-3-5-19-4-1-2-6-23(19)27/h1-2,4,6-8,10-15H,3,5,9,16-17H2,(H,26,28). The second-order valence-corrected chi connectivity index (χ2v) is 10.6. The lowest BCUT2D eigenvalue weighted by molar-refractivity contribution is -0.116. The highest BCUT2D eigenvalue weighted by atomic mass is 127. The average Bonchev–Trinajstić information content (AvgIpc) is 2.79. The highest BCUT2D eigenvalue weighted by Gasteiger charge is 2.28. The van der Waals surface area contributed by atoms with Crippen LogP contribution in [-0.4, -0.2) is 20.9 Å². The van der Waals surface area contributed by atoms with Crippen LogP contribution in [0.2, 0.25) is 0 Å². The molecule has 3 aromatic rings. The number of benzene rings is 3. The SMILES string of the molecule is O=C(CCc1ccc(S(=O)(=O)N2CCCc3ccccc32)cc1)Nc1ccc(I)cc1. The minimum atomic E-state index is -3.61. The van der Waals surface area contributed by atoms with E-state index in [0.29, 0.717) is 19.4 Å². The quantitative estimate of drug-likeness (QED) is 0.443. The van der Waals surface area contributed by atoms with Gasteiger partial charge in [0.25, 0.3) is 10.0 Å². The Morgan fingerprint density at radius 2 is 1.68 bits per heavy atom. The number of hydrogen-bond donors (Lipinski definition) is 1. The number of carbonyl (C=O) groups excluding carboxylic acids is 1. The molecule has 31 heavy (non-hydrogen) atoms. The number of rotatable bonds is 6. The van der Waals surface area contributed by atoms with E-state index < -0.39 is 10.0 Å². The summed E-state index contributed by atoms with van der Waals surface area (Å²) in [4.78, 5) is 12.5. The molecule has 1 aliphatic rings. The molecule has 0 atom stereocenters. The summed E-state index contributed by atoms with van der Waals surface area (Å²) in [5.41, 5.74) is 3.53. The van der Waals surface area contributed by atoms with Gasteiger partial charge >= 0.3 is 0 Å². The predicted molar refractivity (Wildman–Crippen MR) is 132 cm³/mol. The van der Waals surface area contributed by atoms with Crippen LogP contribution in [0.5, 0.6) is 0 Å². The molecule has 4 rings (SSSR count). The predicted octanol–water partition coefficient (Wildman–Crippen LogP) is 5.00. The fourth-order valence-electron chi connectivity index (χ4n) is 3.72. The number of anilines is 2. The maximum atomic E-state index is 13.2. The zero-order valence-corrected chi connectivity index (χ0v) is 19.9. The summed E-state index contributed by atoms with van der Waals surface area (Å²) >= 11 is 2.22. The van der Waals surface area contributed by atoms with Crippen LogP contribution >= 0.6 is 22.6 Å². The van der Waals surface area contributed by atoms with Crippen LogP contribution in [0.1, 0.15) is 24.0 Å². The number of nitrogens with zero attached hydrogens (tertiary/aromatic N) is 1. The number of fused-ring (bicyclic) bond motifs is 1. The molecule has 3 aromatic carbocycles. The van der Waals surface area contributed by atoms with Crippen molar-refractivity contribution in [3.8, 4) is 0 Å². The fourth-order valence-corrected chi connectivity index (χ4v) is 5.62. The maximum absolute atomic E-state index is 13.2. The van der Waals surface area contributed by atoms with Gasteiger partial charge in [-0.25, -0.2) is 8.42 Å². The molecular formula is C24H23IN2O3S. The lowest BCUT2D eigenvalue weighted by atomic mass is 10.0. The van der Waals surface area contributed by atoms with E-state index in [1.165, 1.54) is 4.31 Å². The molecule has 1 N–H and O–H groups in total. The first kappa shape index (κ1) is 21.8. The molecule has 0 saturated heterocycles. The molecule has 0 fully saturated rings. The van der Waals surface area contributed by atoms with Crippen molar-refractivity contribution in [2.45, 2.75) is 30.6 Å². The molecule has 0 aromatic heterocycles. The minimum absolute atomic E-state index is 0.0668. The van der Waals surface area contributed by atoms with Crippen molar-refractivity contribution in [1.29, 1.82) is 0 Å². The topological polar surface area (TPSA) is 66.5 Å². The number of sulfonamides is 1. The molecule has 1 heterocycles. The van der Waals surface area contributed by atoms with Crippen LogP contribution in [0, 0.1) is 3.57 Å². The summed E-state index contributed by atoms with van der Waals surface area (Å²) in [5.74, 6) is -0.0668. The Hall–Kier alpha value is -2.39. The van der Waals surface area contributed by atoms with E-state index >= 15 is 0 Å². The van der Waals surface area contributed by atoms with Crippen LogP contribution in [-0.2, 0) is 27.7 Å². The summed E-state index contributed by atoms with van der Waals surface area (Å²) in [6, 6.07) is 22.2. The van der Waals surface area contributed by atoms with E-state index in [4.69, 9.17) is 0 Å². The third-order valence-corrected chi connectivity index (χ3v) is 7.89. The van der Waals surface area contributed by atoms with Gasteiger partial charge in [-0.15, -0.1) is 0 Å². The van der Waals surface area contributed by atoms with Crippen molar-refractivity contribution in [1.82, 2.24) is 0 Å². The van der Waals surface area contributed by atoms with Gasteiger partial charge in [-0.05, 0) is 95.4 Å². The van der Waals surface area contributed by atoms with E-state index in [1.807, 2.05) is 48.5 Å². The number of aryl methyl sites for hydroxylation is 2. The largest absolute Gasteiger partial charge is 0.326 e. The lowest BCUT2D eigenvalue weighted by Gasteiger charge is -2.30. The molecule has 160 valence electrons. The van der Waals surface area contributed by atoms with Gasteiger partial charge in [0.2, 0.25) is 5.91 Å². The molecule has 5 nitrogen and oxygen atoms in total. The Morgan fingerprint density at radius 1 is 0.968 bits per heavy atom. The van der Waals surface area contributed by atoms with Crippen LogP contribution < -0.4 is 9.62 Å². The van der Waals surface area contributed by atoms with Gasteiger partial charge in [-0.3, -0.25) is 9.10 Å². The summed E-state index contributed by atoms with van der Waals surface area (Å²) in [7, 11) is -3.61. The number of carbonyl (C=O) groups is 1. The number of hydrogen-bond acceptors (Lipinski definition) is 3. The Morgan fingerprint density at radius 3 is 2.42 bits per heavy atom. The van der Waals surface area contributed by atoms with E-state index in [1.54, 1.807) is 24.3 Å². The highest BCUT2D eigenvalue weighted by Crippen LogP contribution is 2.31. The Bertz CT molecular complexity index is 1180. The van der Waals surface area contributed by atoms with E-state index in [0.717, 1.165) is 38.9 Å². The third-order valence-electron chi connectivity index (χ3n) is 5.35. The Labute approximate surface area is 196 Å². The zero-order valence-electron chi connectivity index (χ0n) is 16.9. The molecule has 0 spiro atoms. The summed E-state index contributed by atoms with van der Waals surface area (Å²) in [6.07, 6.45) is 2.58. The smallest absolute Gasteiger partial charge is 0.264 e. The van der Waals surface area contributed by atoms with Gasteiger partial charge < -0.3 is 5.32 Å². The van der Waals surface area contributed by atoms with Gasteiger partial charge in [0.05, 0.1) is 10.6 Å². The van der Waals surface area contributed by atoms with Gasteiger partial charge in [0, 0.05) is 22.2 Å². The third kappa shape index (κ3) is 5.10. The molecule has 1 amide bonds. The summed E-state index contributed by atoms with van der Waals surface area (Å²) in [6.45, 7) is 0.486. The normalized spacial score (nSPS) is 13.5. The monoisotopic (exact) mass is 546 g/mol. The zero-order chi connectivity index (χ0) is 21.8. The van der Waals surface area contributed by atoms with Crippen LogP contribution in [0.3, 0.4) is 0 Å². The van der Waals surface area contributed by atoms with Crippen LogP contribution in [0.4, 0.5) is 11.4 Å². The average molecular weight is 546 g/mol. The highest BCUT2D eigenvalue weighted by molar-refractivity contribution is 14.1. The van der Waals surface area contributed by atoms with E-state index in [9.17, 15) is 13.2 Å². The lowest BCUT2D eigenvalue weighted by Crippen LogP contribution is -2.35. The van der Waals surface area contributed by atoms with Crippen molar-refractivity contribution >= 4 is 49.9 Å². The first-order valence-corrected chi connectivity index (χ1v) is 12.7. The van der Waals surface area contributed by atoms with Gasteiger partial charge in [0.1, 0.15) is 0 Å². The first-order chi connectivity index (χ1) is 14.9. The molecule has 7 heteroatoms. The number of amides is 1. The van der Waals surface area contributed by atoms with E-state index in [-0.39, 0.29) is 10.8 Å². The van der Waals surface area contributed by atoms with Crippen molar-refractivity contribution in [2.75, 3.05) is 16.2 Å². The maximum Gasteiger partial charge on any atom is 0.264 e. The minimum Gasteiger partial charge on any atom is -0.326 e. The molecule has 0 bridgehead atoms. The Kier molecular flexibility index (Phi) is 6.62. The number of nitrogens with one attached hydrogen (secondary N) is 1. The van der Waals surface area contributed by atoms with E-state index in [2.05, 4.69) is 27.9 Å². The fraction of sp³-hybridized carbons (Fsp3) is 0.208. The Balaban J connectivity index is 1.41. The molecule has 0 unspecified atom stereocenters. The van der Waals surface area contributed by atoms with Crippen LogP contribution in [0.15, 0.2) is 77.7 Å². The number of halogens is 1. The second kappa shape index (κ2) is 9.40. The first-order valence-electron chi connectivity index (χ1n) is 10.2. The van der Waals surface area contributed by atoms with Crippen LogP contribution in [0.25, 0.3) is 0 Å². The van der Waals surface area contributed by atoms with Crippen molar-refractivity contribution in [3.05, 3.63) is 87.5 Å². The summed E-state index contributed by atoms with van der Waals surface area (Å²) in [5, 5.41) is 2.88. The van der Waals surface area contributed by atoms with Gasteiger partial charge in [-0.1, -0.05) is 30.3 Å². The van der Waals surface area contributed by atoms with Crippen molar-refractivity contribution < 1.29 is 13.2 Å². The van der Waals surface area contributed by atoms with Crippen molar-refractivity contribution in [3.63, 3.8) is 0 Å². The molecule has 1 aliphatic heterocycles. The molecular weight excluding hydrogens is 523 g/mol.